The lowest BCUT2D eigenvalue weighted by Gasteiger charge is -2.30. The molecule has 36 heavy (non-hydrogen) atoms. The van der Waals surface area contributed by atoms with Gasteiger partial charge in [0.1, 0.15) is 11.4 Å². The maximum atomic E-state index is 12.5. The Morgan fingerprint density at radius 2 is 1.72 bits per heavy atom. The van der Waals surface area contributed by atoms with Gasteiger partial charge in [-0.2, -0.15) is 0 Å². The van der Waals surface area contributed by atoms with E-state index in [1.165, 1.54) is 11.1 Å². The summed E-state index contributed by atoms with van der Waals surface area (Å²) in [4.78, 5) is 17.8. The van der Waals surface area contributed by atoms with Crippen LogP contribution in [0.1, 0.15) is 45.2 Å². The van der Waals surface area contributed by atoms with Gasteiger partial charge in [0, 0.05) is 46.9 Å². The Morgan fingerprint density at radius 3 is 2.31 bits per heavy atom. The summed E-state index contributed by atoms with van der Waals surface area (Å²) >= 11 is 0. The lowest BCUT2D eigenvalue weighted by Crippen LogP contribution is -2.39. The van der Waals surface area contributed by atoms with E-state index in [1.807, 2.05) is 39.0 Å². The van der Waals surface area contributed by atoms with E-state index in [1.54, 1.807) is 26.2 Å². The molecule has 2 aromatic carbocycles. The van der Waals surface area contributed by atoms with E-state index < -0.39 is 5.60 Å². The van der Waals surface area contributed by atoms with Gasteiger partial charge < -0.3 is 28.8 Å². The molecule has 1 aliphatic heterocycles. The highest BCUT2D eigenvalue weighted by molar-refractivity contribution is 5.95. The second-order valence-electron chi connectivity index (χ2n) is 9.91. The first-order valence-corrected chi connectivity index (χ1v) is 12.3. The zero-order chi connectivity index (χ0) is 26.0. The second-order valence-corrected chi connectivity index (χ2v) is 9.91. The van der Waals surface area contributed by atoms with E-state index in [0.717, 1.165) is 46.3 Å². The van der Waals surface area contributed by atoms with Crippen molar-refractivity contribution >= 4 is 22.6 Å². The Morgan fingerprint density at radius 1 is 1.00 bits per heavy atom. The van der Waals surface area contributed by atoms with Crippen LogP contribution < -0.4 is 14.2 Å². The minimum Gasteiger partial charge on any atom is -0.496 e. The summed E-state index contributed by atoms with van der Waals surface area (Å²) in [5.41, 5.74) is 6.06. The minimum absolute atomic E-state index is 0.279. The molecule has 0 bridgehead atoms. The fourth-order valence-electron chi connectivity index (χ4n) is 4.71. The minimum atomic E-state index is -0.508. The highest BCUT2D eigenvalue weighted by atomic mass is 16.6. The number of carbonyl (C=O) groups is 1. The number of benzene rings is 2. The molecule has 2 heterocycles. The lowest BCUT2D eigenvalue weighted by molar-refractivity contribution is 0.0270. The maximum absolute atomic E-state index is 12.5. The molecule has 0 unspecified atom stereocenters. The topological polar surface area (TPSA) is 73.0 Å². The van der Waals surface area contributed by atoms with Crippen molar-refractivity contribution in [3.8, 4) is 28.5 Å². The first-order valence-electron chi connectivity index (χ1n) is 12.3. The molecule has 3 aromatic rings. The van der Waals surface area contributed by atoms with Crippen molar-refractivity contribution < 1.29 is 23.7 Å². The average molecular weight is 493 g/mol. The predicted octanol–water partition coefficient (Wildman–Crippen LogP) is 6.45. The molecular weight excluding hydrogens is 456 g/mol. The van der Waals surface area contributed by atoms with Gasteiger partial charge in [-0.15, -0.1) is 0 Å². The van der Waals surface area contributed by atoms with Gasteiger partial charge in [0.25, 0.3) is 0 Å². The SMILES string of the molecule is CCc1c(-c2ccc(OC)c(OC)c2)[nH]c2cc(OC)c(C3=CCN(C(=O)OC(C)(C)C)CC3)cc12. The van der Waals surface area contributed by atoms with Crippen molar-refractivity contribution in [2.45, 2.75) is 46.1 Å². The molecule has 0 atom stereocenters. The number of fused-ring (bicyclic) bond motifs is 1. The zero-order valence-electron chi connectivity index (χ0n) is 22.3. The predicted molar refractivity (Wildman–Crippen MR) is 143 cm³/mol. The number of aromatic nitrogens is 1. The van der Waals surface area contributed by atoms with Gasteiger partial charge in [-0.25, -0.2) is 4.79 Å². The molecule has 0 radical (unpaired) electrons. The number of aromatic amines is 1. The van der Waals surface area contributed by atoms with Crippen molar-refractivity contribution in [2.75, 3.05) is 34.4 Å². The summed E-state index contributed by atoms with van der Waals surface area (Å²) < 4.78 is 22.3. The Labute approximate surface area is 213 Å². The summed E-state index contributed by atoms with van der Waals surface area (Å²) in [6.45, 7) is 8.93. The fraction of sp³-hybridized carbons (Fsp3) is 0.414. The molecule has 7 heteroatoms. The van der Waals surface area contributed by atoms with Gasteiger partial charge in [0.15, 0.2) is 11.5 Å². The molecule has 7 nitrogen and oxygen atoms in total. The molecule has 0 saturated carbocycles. The first kappa shape index (κ1) is 25.5. The van der Waals surface area contributed by atoms with E-state index in [4.69, 9.17) is 18.9 Å². The van der Waals surface area contributed by atoms with Crippen LogP contribution in [0.3, 0.4) is 0 Å². The van der Waals surface area contributed by atoms with Crippen molar-refractivity contribution in [1.82, 2.24) is 9.88 Å². The van der Waals surface area contributed by atoms with Gasteiger partial charge in [-0.05, 0) is 69.0 Å². The van der Waals surface area contributed by atoms with Gasteiger partial charge in [0.05, 0.1) is 21.3 Å². The molecule has 0 spiro atoms. The van der Waals surface area contributed by atoms with Crippen LogP contribution in [0.2, 0.25) is 0 Å². The van der Waals surface area contributed by atoms with Crippen LogP contribution in [0.25, 0.3) is 27.7 Å². The van der Waals surface area contributed by atoms with E-state index >= 15 is 0 Å². The van der Waals surface area contributed by atoms with Crippen molar-refractivity contribution in [2.24, 2.45) is 0 Å². The third-order valence-corrected chi connectivity index (χ3v) is 6.46. The molecule has 1 aliphatic rings. The fourth-order valence-corrected chi connectivity index (χ4v) is 4.71. The number of hydrogen-bond donors (Lipinski definition) is 1. The van der Waals surface area contributed by atoms with Crippen molar-refractivity contribution in [3.05, 3.63) is 47.5 Å². The molecular formula is C29H36N2O5. The number of amides is 1. The standard InChI is InChI=1S/C29H36N2O5/c1-8-20-22-16-21(18-11-13-31(14-12-18)28(32)36-29(2,3)4)25(34-6)17-23(22)30-27(20)19-9-10-24(33-5)26(15-19)35-7/h9-11,15-17,30H,8,12-14H2,1-7H3. The van der Waals surface area contributed by atoms with Gasteiger partial charge in [-0.1, -0.05) is 13.0 Å². The highest BCUT2D eigenvalue weighted by Crippen LogP contribution is 2.40. The smallest absolute Gasteiger partial charge is 0.410 e. The van der Waals surface area contributed by atoms with Crippen molar-refractivity contribution in [3.63, 3.8) is 0 Å². The van der Waals surface area contributed by atoms with Crippen LogP contribution >= 0.6 is 0 Å². The highest BCUT2D eigenvalue weighted by Gasteiger charge is 2.25. The zero-order valence-corrected chi connectivity index (χ0v) is 22.3. The van der Waals surface area contributed by atoms with E-state index in [-0.39, 0.29) is 6.09 Å². The van der Waals surface area contributed by atoms with Crippen LogP contribution in [0.5, 0.6) is 17.2 Å². The van der Waals surface area contributed by atoms with Crippen LogP contribution in [-0.4, -0.2) is 56.0 Å². The molecule has 1 aromatic heterocycles. The Kier molecular flexibility index (Phi) is 7.20. The largest absolute Gasteiger partial charge is 0.496 e. The molecule has 4 rings (SSSR count). The summed E-state index contributed by atoms with van der Waals surface area (Å²) in [6, 6.07) is 10.2. The number of hydrogen-bond acceptors (Lipinski definition) is 5. The summed E-state index contributed by atoms with van der Waals surface area (Å²) in [7, 11) is 4.98. The number of aryl methyl sites for hydroxylation is 1. The molecule has 1 N–H and O–H groups in total. The monoisotopic (exact) mass is 492 g/mol. The molecule has 0 fully saturated rings. The van der Waals surface area contributed by atoms with Crippen LogP contribution in [0, 0.1) is 0 Å². The number of rotatable bonds is 6. The first-order chi connectivity index (χ1) is 17.2. The van der Waals surface area contributed by atoms with Crippen LogP contribution in [-0.2, 0) is 11.2 Å². The molecule has 1 amide bonds. The lowest BCUT2D eigenvalue weighted by atomic mass is 9.95. The number of nitrogens with zero attached hydrogens (tertiary/aromatic N) is 1. The third kappa shape index (κ3) is 5.01. The Bertz CT molecular complexity index is 1300. The van der Waals surface area contributed by atoms with E-state index in [9.17, 15) is 4.79 Å². The van der Waals surface area contributed by atoms with Gasteiger partial charge in [-0.3, -0.25) is 0 Å². The van der Waals surface area contributed by atoms with E-state index in [0.29, 0.717) is 24.6 Å². The van der Waals surface area contributed by atoms with E-state index in [2.05, 4.69) is 30.1 Å². The summed E-state index contributed by atoms with van der Waals surface area (Å²) in [6.07, 6.45) is 3.42. The summed E-state index contributed by atoms with van der Waals surface area (Å²) in [5, 5.41) is 1.16. The maximum Gasteiger partial charge on any atom is 0.410 e. The van der Waals surface area contributed by atoms with Gasteiger partial charge >= 0.3 is 6.09 Å². The summed E-state index contributed by atoms with van der Waals surface area (Å²) in [5.74, 6) is 2.20. The number of nitrogens with one attached hydrogen (secondary N) is 1. The molecule has 0 saturated heterocycles. The number of ether oxygens (including phenoxy) is 4. The second kappa shape index (κ2) is 10.2. The third-order valence-electron chi connectivity index (χ3n) is 6.46. The van der Waals surface area contributed by atoms with Gasteiger partial charge in [0.2, 0.25) is 0 Å². The molecule has 0 aliphatic carbocycles. The normalized spacial score (nSPS) is 14.0. The Balaban J connectivity index is 1.72. The quantitative estimate of drug-likeness (QED) is 0.428. The number of carbonyl (C=O) groups excluding carboxylic acids is 1. The van der Waals surface area contributed by atoms with Crippen molar-refractivity contribution in [1.29, 1.82) is 0 Å². The van der Waals surface area contributed by atoms with Crippen LogP contribution in [0.4, 0.5) is 4.79 Å². The number of H-pyrrole nitrogens is 1. The number of methoxy groups -OCH3 is 3. The molecule has 192 valence electrons. The average Bonchev–Trinajstić information content (AvgIpc) is 3.23. The van der Waals surface area contributed by atoms with Crippen LogP contribution in [0.15, 0.2) is 36.4 Å². The Hall–Kier alpha value is -3.61.